The first-order valence-electron chi connectivity index (χ1n) is 7.77. The van der Waals surface area contributed by atoms with Gasteiger partial charge < -0.3 is 9.73 Å². The summed E-state index contributed by atoms with van der Waals surface area (Å²) >= 11 is 0. The Kier molecular flexibility index (Phi) is 5.04. The van der Waals surface area contributed by atoms with E-state index in [1.807, 2.05) is 0 Å². The molecule has 0 spiro atoms. The van der Waals surface area contributed by atoms with Crippen molar-refractivity contribution in [1.82, 2.24) is 0 Å². The van der Waals surface area contributed by atoms with Gasteiger partial charge in [0.2, 0.25) is 0 Å². The van der Waals surface area contributed by atoms with Crippen molar-refractivity contribution in [1.29, 1.82) is 0 Å². The van der Waals surface area contributed by atoms with E-state index >= 15 is 0 Å². The van der Waals surface area contributed by atoms with E-state index in [1.54, 1.807) is 18.2 Å². The highest BCUT2D eigenvalue weighted by molar-refractivity contribution is 7.90. The summed E-state index contributed by atoms with van der Waals surface area (Å²) in [6.07, 6.45) is 1.22. The number of anilines is 1. The molecule has 0 saturated carbocycles. The summed E-state index contributed by atoms with van der Waals surface area (Å²) < 4.78 is 30.2. The van der Waals surface area contributed by atoms with Crippen molar-refractivity contribution < 1.29 is 22.6 Å². The number of amides is 1. The van der Waals surface area contributed by atoms with E-state index in [2.05, 4.69) is 5.32 Å². The van der Waals surface area contributed by atoms with E-state index in [1.165, 1.54) is 48.7 Å². The number of furan rings is 1. The Morgan fingerprint density at radius 2 is 1.81 bits per heavy atom. The van der Waals surface area contributed by atoms with Gasteiger partial charge in [-0.05, 0) is 24.3 Å². The highest BCUT2D eigenvalue weighted by atomic mass is 32.2. The fourth-order valence-corrected chi connectivity index (χ4v) is 3.82. The summed E-state index contributed by atoms with van der Waals surface area (Å²) in [6.45, 7) is 0. The first kappa shape index (κ1) is 18.3. The van der Waals surface area contributed by atoms with Gasteiger partial charge in [0.25, 0.3) is 11.6 Å². The van der Waals surface area contributed by atoms with Crippen LogP contribution in [0.15, 0.2) is 76.2 Å². The summed E-state index contributed by atoms with van der Waals surface area (Å²) in [5.74, 6) is -1.27. The van der Waals surface area contributed by atoms with E-state index < -0.39 is 26.4 Å². The molecule has 0 fully saturated rings. The lowest BCUT2D eigenvalue weighted by Crippen LogP contribution is -2.15. The second-order valence-corrected chi connectivity index (χ2v) is 7.60. The van der Waals surface area contributed by atoms with Crippen LogP contribution in [0, 0.1) is 10.1 Å². The Morgan fingerprint density at radius 1 is 1.07 bits per heavy atom. The molecular formula is C18H14N2O6S. The van der Waals surface area contributed by atoms with Gasteiger partial charge in [-0.1, -0.05) is 24.3 Å². The molecule has 0 aliphatic rings. The molecule has 0 aliphatic heterocycles. The number of nitrogens with one attached hydrogen (secondary N) is 1. The lowest BCUT2D eigenvalue weighted by Gasteiger charge is -2.06. The number of nitrogens with zero attached hydrogens (tertiary/aromatic N) is 1. The number of benzene rings is 2. The number of sulfone groups is 1. The SMILES string of the molecule is O=C(Nc1cccc([N+](=O)[O-])c1)c1occc1CS(=O)(=O)c1ccccc1. The normalized spacial score (nSPS) is 11.1. The lowest BCUT2D eigenvalue weighted by molar-refractivity contribution is -0.384. The van der Waals surface area contributed by atoms with Gasteiger partial charge >= 0.3 is 0 Å². The number of nitro benzene ring substituents is 1. The zero-order valence-electron chi connectivity index (χ0n) is 13.9. The lowest BCUT2D eigenvalue weighted by atomic mass is 10.2. The number of rotatable bonds is 6. The first-order valence-corrected chi connectivity index (χ1v) is 9.42. The summed E-state index contributed by atoms with van der Waals surface area (Å²) in [4.78, 5) is 22.8. The summed E-state index contributed by atoms with van der Waals surface area (Å²) in [7, 11) is -3.66. The molecule has 0 radical (unpaired) electrons. The molecule has 1 amide bonds. The Hall–Kier alpha value is -3.46. The zero-order chi connectivity index (χ0) is 19.4. The van der Waals surface area contributed by atoms with E-state index in [9.17, 15) is 23.3 Å². The summed E-state index contributed by atoms with van der Waals surface area (Å²) in [5.41, 5.74) is 0.211. The summed E-state index contributed by atoms with van der Waals surface area (Å²) in [5, 5.41) is 13.3. The molecule has 27 heavy (non-hydrogen) atoms. The Morgan fingerprint density at radius 3 is 2.52 bits per heavy atom. The quantitative estimate of drug-likeness (QED) is 0.512. The summed E-state index contributed by atoms with van der Waals surface area (Å²) in [6, 6.07) is 14.7. The standard InChI is InChI=1S/C18H14N2O6S/c21-18(19-14-5-4-6-15(11-14)20(22)23)17-13(9-10-26-17)12-27(24,25)16-7-2-1-3-8-16/h1-11H,12H2,(H,19,21). The average molecular weight is 386 g/mol. The molecule has 2 aromatic carbocycles. The average Bonchev–Trinajstić information content (AvgIpc) is 3.10. The topological polar surface area (TPSA) is 120 Å². The molecule has 8 nitrogen and oxygen atoms in total. The van der Waals surface area contributed by atoms with Crippen LogP contribution in [0.25, 0.3) is 0 Å². The third-order valence-electron chi connectivity index (χ3n) is 3.72. The third kappa shape index (κ3) is 4.21. The molecule has 138 valence electrons. The van der Waals surface area contributed by atoms with Crippen molar-refractivity contribution in [3.8, 4) is 0 Å². The fraction of sp³-hybridized carbons (Fsp3) is 0.0556. The second-order valence-electron chi connectivity index (χ2n) is 5.61. The monoisotopic (exact) mass is 386 g/mol. The van der Waals surface area contributed by atoms with Crippen LogP contribution < -0.4 is 5.32 Å². The van der Waals surface area contributed by atoms with Crippen molar-refractivity contribution in [2.24, 2.45) is 0 Å². The van der Waals surface area contributed by atoms with Gasteiger partial charge in [-0.15, -0.1) is 0 Å². The molecule has 0 atom stereocenters. The molecule has 1 N–H and O–H groups in total. The van der Waals surface area contributed by atoms with Gasteiger partial charge in [-0.25, -0.2) is 8.42 Å². The van der Waals surface area contributed by atoms with Crippen molar-refractivity contribution in [2.75, 3.05) is 5.32 Å². The van der Waals surface area contributed by atoms with Gasteiger partial charge in [0.15, 0.2) is 15.6 Å². The molecule has 0 bridgehead atoms. The molecule has 3 rings (SSSR count). The maximum absolute atomic E-state index is 12.5. The number of carbonyl (C=O) groups is 1. The van der Waals surface area contributed by atoms with E-state index in [0.29, 0.717) is 0 Å². The largest absolute Gasteiger partial charge is 0.459 e. The van der Waals surface area contributed by atoms with E-state index in [0.717, 1.165) is 0 Å². The minimum atomic E-state index is -3.66. The van der Waals surface area contributed by atoms with Crippen LogP contribution >= 0.6 is 0 Å². The third-order valence-corrected chi connectivity index (χ3v) is 5.40. The molecular weight excluding hydrogens is 372 g/mol. The van der Waals surface area contributed by atoms with E-state index in [4.69, 9.17) is 4.42 Å². The first-order chi connectivity index (χ1) is 12.9. The highest BCUT2D eigenvalue weighted by Crippen LogP contribution is 2.22. The maximum Gasteiger partial charge on any atom is 0.291 e. The number of nitro groups is 1. The van der Waals surface area contributed by atoms with Crippen molar-refractivity contribution in [2.45, 2.75) is 10.6 Å². The van der Waals surface area contributed by atoms with Crippen LogP contribution in [0.4, 0.5) is 11.4 Å². The zero-order valence-corrected chi connectivity index (χ0v) is 14.7. The highest BCUT2D eigenvalue weighted by Gasteiger charge is 2.22. The molecule has 1 aromatic heterocycles. The van der Waals surface area contributed by atoms with Crippen LogP contribution in [0.2, 0.25) is 0 Å². The predicted octanol–water partition coefficient (Wildman–Crippen LogP) is 3.41. The Labute approximate surface area is 154 Å². The molecule has 0 unspecified atom stereocenters. The predicted molar refractivity (Wildman–Crippen MR) is 97.1 cm³/mol. The van der Waals surface area contributed by atoms with Crippen molar-refractivity contribution in [3.63, 3.8) is 0 Å². The van der Waals surface area contributed by atoms with Crippen LogP contribution in [-0.4, -0.2) is 19.2 Å². The Bertz CT molecular complexity index is 1090. The molecule has 3 aromatic rings. The number of hydrogen-bond acceptors (Lipinski definition) is 6. The van der Waals surface area contributed by atoms with Crippen LogP contribution in [0.5, 0.6) is 0 Å². The van der Waals surface area contributed by atoms with Gasteiger partial charge in [-0.3, -0.25) is 14.9 Å². The smallest absolute Gasteiger partial charge is 0.291 e. The van der Waals surface area contributed by atoms with Crippen molar-refractivity contribution >= 4 is 27.1 Å². The van der Waals surface area contributed by atoms with E-state index in [-0.39, 0.29) is 27.6 Å². The minimum absolute atomic E-state index is 0.135. The maximum atomic E-state index is 12.5. The van der Waals surface area contributed by atoms with Gasteiger partial charge in [0.1, 0.15) is 0 Å². The van der Waals surface area contributed by atoms with Gasteiger partial charge in [0.05, 0.1) is 21.8 Å². The van der Waals surface area contributed by atoms with Crippen LogP contribution in [0.1, 0.15) is 16.1 Å². The van der Waals surface area contributed by atoms with Gasteiger partial charge in [-0.2, -0.15) is 0 Å². The number of hydrogen-bond donors (Lipinski definition) is 1. The van der Waals surface area contributed by atoms with Crippen LogP contribution in [0.3, 0.4) is 0 Å². The minimum Gasteiger partial charge on any atom is -0.459 e. The number of non-ortho nitro benzene ring substituents is 1. The molecule has 0 saturated heterocycles. The molecule has 0 aliphatic carbocycles. The molecule has 1 heterocycles. The fourth-order valence-electron chi connectivity index (χ4n) is 2.45. The van der Waals surface area contributed by atoms with Crippen molar-refractivity contribution in [3.05, 3.63) is 88.4 Å². The molecule has 9 heteroatoms. The number of carbonyl (C=O) groups excluding carboxylic acids is 1. The van der Waals surface area contributed by atoms with Crippen LogP contribution in [-0.2, 0) is 15.6 Å². The second kappa shape index (κ2) is 7.42. The Balaban J connectivity index is 1.81. The van der Waals surface area contributed by atoms with Gasteiger partial charge in [0, 0.05) is 23.4 Å².